The Labute approximate surface area is 182 Å². The standard InChI is InChI=1S/C25H38N2O3/c1-5-6-7-8-9-10-11-12-13-14-16-20(2)22-19-27(25(30)21(22)3)23(17-15-18-28)24(29)26-4/h18,23H,2,5-13,15,17,19H2,1,3-4H3,(H,26,29). The molecule has 1 unspecified atom stereocenters. The second-order valence-corrected chi connectivity index (χ2v) is 7.92. The normalized spacial score (nSPS) is 14.4. The topological polar surface area (TPSA) is 66.5 Å². The molecule has 0 bridgehead atoms. The number of rotatable bonds is 14. The van der Waals surface area contributed by atoms with Gasteiger partial charge in [0.05, 0.1) is 0 Å². The van der Waals surface area contributed by atoms with Crippen molar-refractivity contribution < 1.29 is 14.4 Å². The van der Waals surface area contributed by atoms with Gasteiger partial charge in [0, 0.05) is 37.6 Å². The molecule has 1 atom stereocenters. The van der Waals surface area contributed by atoms with Crippen LogP contribution in [0.5, 0.6) is 0 Å². The third-order valence-electron chi connectivity index (χ3n) is 5.60. The highest BCUT2D eigenvalue weighted by Crippen LogP contribution is 2.27. The molecule has 0 radical (unpaired) electrons. The molecule has 5 nitrogen and oxygen atoms in total. The van der Waals surface area contributed by atoms with Gasteiger partial charge in [-0.05, 0) is 25.3 Å². The van der Waals surface area contributed by atoms with Crippen LogP contribution >= 0.6 is 0 Å². The van der Waals surface area contributed by atoms with Gasteiger partial charge in [-0.15, -0.1) is 0 Å². The summed E-state index contributed by atoms with van der Waals surface area (Å²) in [6.07, 6.45) is 12.3. The van der Waals surface area contributed by atoms with E-state index >= 15 is 0 Å². The predicted molar refractivity (Wildman–Crippen MR) is 122 cm³/mol. The van der Waals surface area contributed by atoms with Gasteiger partial charge in [-0.25, -0.2) is 0 Å². The van der Waals surface area contributed by atoms with E-state index in [1.54, 1.807) is 6.92 Å². The number of amides is 2. The Morgan fingerprint density at radius 2 is 1.83 bits per heavy atom. The summed E-state index contributed by atoms with van der Waals surface area (Å²) in [5, 5.41) is 2.59. The summed E-state index contributed by atoms with van der Waals surface area (Å²) in [7, 11) is 1.54. The number of aldehydes is 1. The number of likely N-dealkylation sites (N-methyl/N-ethyl adjacent to an activating group) is 1. The van der Waals surface area contributed by atoms with Gasteiger partial charge >= 0.3 is 0 Å². The Balaban J connectivity index is 2.53. The first-order chi connectivity index (χ1) is 14.5. The van der Waals surface area contributed by atoms with Crippen LogP contribution in [0.3, 0.4) is 0 Å². The zero-order chi connectivity index (χ0) is 22.4. The van der Waals surface area contributed by atoms with Gasteiger partial charge < -0.3 is 15.0 Å². The monoisotopic (exact) mass is 414 g/mol. The first-order valence-corrected chi connectivity index (χ1v) is 11.3. The van der Waals surface area contributed by atoms with Gasteiger partial charge in [0.1, 0.15) is 12.3 Å². The van der Waals surface area contributed by atoms with Crippen LogP contribution in [-0.4, -0.2) is 42.6 Å². The first kappa shape index (κ1) is 25.7. The minimum atomic E-state index is -0.654. The van der Waals surface area contributed by atoms with Gasteiger partial charge in [0.2, 0.25) is 5.91 Å². The van der Waals surface area contributed by atoms with E-state index in [9.17, 15) is 14.4 Å². The quantitative estimate of drug-likeness (QED) is 0.261. The van der Waals surface area contributed by atoms with Crippen molar-refractivity contribution in [2.45, 2.75) is 90.5 Å². The van der Waals surface area contributed by atoms with Crippen molar-refractivity contribution in [2.24, 2.45) is 0 Å². The Morgan fingerprint density at radius 3 is 2.43 bits per heavy atom. The van der Waals surface area contributed by atoms with E-state index in [1.165, 1.54) is 56.9 Å². The summed E-state index contributed by atoms with van der Waals surface area (Å²) in [4.78, 5) is 37.2. The van der Waals surface area contributed by atoms with Crippen LogP contribution in [0.1, 0.15) is 84.5 Å². The van der Waals surface area contributed by atoms with Crippen LogP contribution in [0, 0.1) is 11.8 Å². The number of nitrogens with zero attached hydrogens (tertiary/aromatic N) is 1. The maximum Gasteiger partial charge on any atom is 0.250 e. The van der Waals surface area contributed by atoms with E-state index in [0.29, 0.717) is 24.1 Å². The van der Waals surface area contributed by atoms with Crippen molar-refractivity contribution >= 4 is 18.1 Å². The van der Waals surface area contributed by atoms with E-state index in [1.807, 2.05) is 0 Å². The minimum Gasteiger partial charge on any atom is -0.357 e. The molecule has 0 saturated carbocycles. The predicted octanol–water partition coefficient (Wildman–Crippen LogP) is 4.33. The Bertz CT molecular complexity index is 697. The molecule has 0 aromatic heterocycles. The summed E-state index contributed by atoms with van der Waals surface area (Å²) in [5.74, 6) is 5.84. The zero-order valence-corrected chi connectivity index (χ0v) is 19.0. The van der Waals surface area contributed by atoms with Crippen molar-refractivity contribution in [1.29, 1.82) is 0 Å². The fourth-order valence-corrected chi connectivity index (χ4v) is 3.69. The maximum atomic E-state index is 12.7. The first-order valence-electron chi connectivity index (χ1n) is 11.3. The van der Waals surface area contributed by atoms with E-state index < -0.39 is 6.04 Å². The summed E-state index contributed by atoms with van der Waals surface area (Å²) in [6, 6.07) is -0.654. The van der Waals surface area contributed by atoms with E-state index in [4.69, 9.17) is 0 Å². The number of carbonyl (C=O) groups is 3. The van der Waals surface area contributed by atoms with Crippen LogP contribution in [0.2, 0.25) is 0 Å². The number of hydrogen-bond donors (Lipinski definition) is 1. The van der Waals surface area contributed by atoms with Gasteiger partial charge in [-0.1, -0.05) is 70.3 Å². The van der Waals surface area contributed by atoms with Crippen LogP contribution in [0.25, 0.3) is 0 Å². The third kappa shape index (κ3) is 8.18. The van der Waals surface area contributed by atoms with Crippen LogP contribution in [0.15, 0.2) is 23.3 Å². The van der Waals surface area contributed by atoms with Crippen LogP contribution in [-0.2, 0) is 14.4 Å². The molecule has 0 aromatic carbocycles. The molecule has 0 spiro atoms. The molecule has 5 heteroatoms. The largest absolute Gasteiger partial charge is 0.357 e. The number of unbranched alkanes of at least 4 members (excludes halogenated alkanes) is 8. The summed E-state index contributed by atoms with van der Waals surface area (Å²) < 4.78 is 0. The Hall–Kier alpha value is -2.35. The lowest BCUT2D eigenvalue weighted by Crippen LogP contribution is -2.47. The number of hydrogen-bond acceptors (Lipinski definition) is 3. The van der Waals surface area contributed by atoms with Crippen molar-refractivity contribution in [1.82, 2.24) is 10.2 Å². The van der Waals surface area contributed by atoms with E-state index in [-0.39, 0.29) is 18.2 Å². The molecule has 1 heterocycles. The molecule has 30 heavy (non-hydrogen) atoms. The highest BCUT2D eigenvalue weighted by Gasteiger charge is 2.36. The summed E-state index contributed by atoms with van der Waals surface area (Å²) >= 11 is 0. The molecule has 1 aliphatic heterocycles. The van der Waals surface area contributed by atoms with Gasteiger partial charge in [0.15, 0.2) is 0 Å². The highest BCUT2D eigenvalue weighted by molar-refractivity contribution is 6.00. The molecule has 2 amide bonds. The molecule has 0 aromatic rings. The van der Waals surface area contributed by atoms with Gasteiger partial charge in [-0.3, -0.25) is 9.59 Å². The molecule has 166 valence electrons. The molecule has 1 N–H and O–H groups in total. The summed E-state index contributed by atoms with van der Waals surface area (Å²) in [5.41, 5.74) is 2.03. The Kier molecular flexibility index (Phi) is 12.5. The lowest BCUT2D eigenvalue weighted by atomic mass is 10.0. The molecule has 1 aliphatic rings. The average molecular weight is 415 g/mol. The lowest BCUT2D eigenvalue weighted by Gasteiger charge is -2.26. The van der Waals surface area contributed by atoms with Crippen molar-refractivity contribution in [3.63, 3.8) is 0 Å². The number of nitrogens with one attached hydrogen (secondary N) is 1. The second kappa shape index (κ2) is 14.6. The fourth-order valence-electron chi connectivity index (χ4n) is 3.69. The second-order valence-electron chi connectivity index (χ2n) is 7.92. The van der Waals surface area contributed by atoms with Crippen molar-refractivity contribution in [2.75, 3.05) is 13.6 Å². The van der Waals surface area contributed by atoms with E-state index in [2.05, 4.69) is 30.7 Å². The number of carbonyl (C=O) groups excluding carboxylic acids is 3. The molecular formula is C25H38N2O3. The lowest BCUT2D eigenvalue weighted by molar-refractivity contribution is -0.136. The van der Waals surface area contributed by atoms with E-state index in [0.717, 1.165) is 24.7 Å². The molecule has 0 fully saturated rings. The van der Waals surface area contributed by atoms with Crippen molar-refractivity contribution in [3.8, 4) is 11.8 Å². The SMILES string of the molecule is C=C(C#CCCCCCCCCCC)C1=C(C)C(=O)N(C(CCC=O)C(=O)NC)C1. The molecule has 0 aliphatic carbocycles. The van der Waals surface area contributed by atoms with Crippen LogP contribution in [0.4, 0.5) is 0 Å². The Morgan fingerprint density at radius 1 is 1.20 bits per heavy atom. The summed E-state index contributed by atoms with van der Waals surface area (Å²) in [6.45, 7) is 8.35. The molecule has 0 saturated heterocycles. The van der Waals surface area contributed by atoms with Gasteiger partial charge in [-0.2, -0.15) is 0 Å². The average Bonchev–Trinajstić information content (AvgIpc) is 3.04. The smallest absolute Gasteiger partial charge is 0.250 e. The van der Waals surface area contributed by atoms with Crippen molar-refractivity contribution in [3.05, 3.63) is 23.3 Å². The molecule has 1 rings (SSSR count). The maximum absolute atomic E-state index is 12.7. The zero-order valence-electron chi connectivity index (χ0n) is 19.0. The highest BCUT2D eigenvalue weighted by atomic mass is 16.2. The fraction of sp³-hybridized carbons (Fsp3) is 0.640. The van der Waals surface area contributed by atoms with Gasteiger partial charge in [0.25, 0.3) is 5.91 Å². The minimum absolute atomic E-state index is 0.185. The molecular weight excluding hydrogens is 376 g/mol. The van der Waals surface area contributed by atoms with Crippen LogP contribution < -0.4 is 5.32 Å². The third-order valence-corrected chi connectivity index (χ3v) is 5.60.